The largest absolute Gasteiger partial charge is 0.480 e. The molecule has 0 radical (unpaired) electrons. The molecular weight excluding hydrogens is 278 g/mol. The highest BCUT2D eigenvalue weighted by molar-refractivity contribution is 7.12. The van der Waals surface area contributed by atoms with Gasteiger partial charge in [-0.1, -0.05) is 0 Å². The van der Waals surface area contributed by atoms with Gasteiger partial charge in [-0.15, -0.1) is 11.3 Å². The first-order valence-electron chi connectivity index (χ1n) is 6.40. The van der Waals surface area contributed by atoms with Crippen LogP contribution in [0.5, 0.6) is 0 Å². The van der Waals surface area contributed by atoms with Crippen LogP contribution >= 0.6 is 11.3 Å². The van der Waals surface area contributed by atoms with E-state index in [2.05, 4.69) is 5.32 Å². The van der Waals surface area contributed by atoms with Gasteiger partial charge in [-0.05, 0) is 25.1 Å². The number of rotatable bonds is 4. The molecule has 0 atom stereocenters. The van der Waals surface area contributed by atoms with Gasteiger partial charge in [0.15, 0.2) is 0 Å². The first-order chi connectivity index (χ1) is 9.52. The zero-order chi connectivity index (χ0) is 14.6. The van der Waals surface area contributed by atoms with Gasteiger partial charge in [0.2, 0.25) is 5.91 Å². The molecular formula is C14H17NO4S. The molecule has 20 heavy (non-hydrogen) atoms. The number of carboxylic acid groups (broad SMARTS) is 1. The van der Waals surface area contributed by atoms with Crippen LogP contribution in [0.3, 0.4) is 0 Å². The molecule has 6 heteroatoms. The van der Waals surface area contributed by atoms with E-state index in [1.165, 1.54) is 6.08 Å². The average Bonchev–Trinajstić information content (AvgIpc) is 2.83. The van der Waals surface area contributed by atoms with Crippen molar-refractivity contribution in [3.05, 3.63) is 28.0 Å². The van der Waals surface area contributed by atoms with Crippen LogP contribution in [-0.2, 0) is 14.3 Å². The zero-order valence-corrected chi connectivity index (χ0v) is 12.0. The number of nitrogens with one attached hydrogen (secondary N) is 1. The molecule has 1 aliphatic rings. The lowest BCUT2D eigenvalue weighted by Gasteiger charge is -2.33. The number of amides is 1. The predicted octanol–water partition coefficient (Wildman–Crippen LogP) is 1.82. The zero-order valence-electron chi connectivity index (χ0n) is 11.2. The van der Waals surface area contributed by atoms with Gasteiger partial charge in [-0.25, -0.2) is 4.79 Å². The highest BCUT2D eigenvalue weighted by atomic mass is 32.1. The van der Waals surface area contributed by atoms with Crippen LogP contribution in [0.4, 0.5) is 0 Å². The lowest BCUT2D eigenvalue weighted by molar-refractivity contribution is -0.151. The Morgan fingerprint density at radius 1 is 1.40 bits per heavy atom. The molecule has 108 valence electrons. The molecule has 2 N–H and O–H groups in total. The Kier molecular flexibility index (Phi) is 4.57. The normalized spacial score (nSPS) is 18.1. The number of hydrogen-bond acceptors (Lipinski definition) is 4. The molecule has 1 aromatic heterocycles. The monoisotopic (exact) mass is 295 g/mol. The number of ether oxygens (including phenoxy) is 1. The standard InChI is InChI=1S/C14H17NO4S/c1-10-2-3-11(20-10)4-5-12(16)15-14(13(17)18)6-8-19-9-7-14/h2-5H,6-9H2,1H3,(H,15,16)(H,17,18)/b5-4+. The fraction of sp³-hybridized carbons (Fsp3) is 0.429. The number of aryl methyl sites for hydroxylation is 1. The molecule has 0 aliphatic carbocycles. The van der Waals surface area contributed by atoms with Crippen molar-refractivity contribution in [2.45, 2.75) is 25.3 Å². The minimum absolute atomic E-state index is 0.292. The van der Waals surface area contributed by atoms with Crippen molar-refractivity contribution >= 4 is 29.3 Å². The molecule has 1 amide bonds. The van der Waals surface area contributed by atoms with Crippen molar-refractivity contribution in [2.75, 3.05) is 13.2 Å². The molecule has 2 heterocycles. The predicted molar refractivity (Wildman–Crippen MR) is 76.7 cm³/mol. The van der Waals surface area contributed by atoms with E-state index in [9.17, 15) is 14.7 Å². The number of aliphatic carboxylic acids is 1. The number of carbonyl (C=O) groups is 2. The highest BCUT2D eigenvalue weighted by Gasteiger charge is 2.41. The second-order valence-electron chi connectivity index (χ2n) is 4.77. The first-order valence-corrected chi connectivity index (χ1v) is 7.21. The van der Waals surface area contributed by atoms with E-state index >= 15 is 0 Å². The van der Waals surface area contributed by atoms with Crippen molar-refractivity contribution in [1.29, 1.82) is 0 Å². The van der Waals surface area contributed by atoms with Crippen LogP contribution in [0.15, 0.2) is 18.2 Å². The topological polar surface area (TPSA) is 75.6 Å². The molecule has 0 bridgehead atoms. The minimum Gasteiger partial charge on any atom is -0.480 e. The molecule has 2 rings (SSSR count). The Morgan fingerprint density at radius 3 is 2.65 bits per heavy atom. The fourth-order valence-corrected chi connectivity index (χ4v) is 2.87. The van der Waals surface area contributed by atoms with Gasteiger partial charge in [0.1, 0.15) is 5.54 Å². The lowest BCUT2D eigenvalue weighted by atomic mass is 9.90. The van der Waals surface area contributed by atoms with Gasteiger partial charge in [-0.2, -0.15) is 0 Å². The van der Waals surface area contributed by atoms with E-state index in [0.29, 0.717) is 26.1 Å². The van der Waals surface area contributed by atoms with Crippen LogP contribution in [-0.4, -0.2) is 35.7 Å². The lowest BCUT2D eigenvalue weighted by Crippen LogP contribution is -2.57. The van der Waals surface area contributed by atoms with E-state index in [1.54, 1.807) is 17.4 Å². The maximum absolute atomic E-state index is 11.9. The number of hydrogen-bond donors (Lipinski definition) is 2. The van der Waals surface area contributed by atoms with Gasteiger partial charge >= 0.3 is 5.97 Å². The Hall–Kier alpha value is -1.66. The summed E-state index contributed by atoms with van der Waals surface area (Å²) in [6, 6.07) is 3.89. The molecule has 0 spiro atoms. The maximum Gasteiger partial charge on any atom is 0.329 e. The number of carboxylic acids is 1. The van der Waals surface area contributed by atoms with Crippen molar-refractivity contribution in [2.24, 2.45) is 0 Å². The third-order valence-corrected chi connectivity index (χ3v) is 4.24. The van der Waals surface area contributed by atoms with E-state index in [-0.39, 0.29) is 5.91 Å². The van der Waals surface area contributed by atoms with Gasteiger partial charge < -0.3 is 15.2 Å². The van der Waals surface area contributed by atoms with Gasteiger partial charge in [0, 0.05) is 41.9 Å². The molecule has 1 fully saturated rings. The van der Waals surface area contributed by atoms with Crippen molar-refractivity contribution < 1.29 is 19.4 Å². The van der Waals surface area contributed by atoms with Gasteiger partial charge in [0.05, 0.1) is 0 Å². The maximum atomic E-state index is 11.9. The van der Waals surface area contributed by atoms with Crippen LogP contribution in [0.25, 0.3) is 6.08 Å². The molecule has 0 aromatic carbocycles. The third kappa shape index (κ3) is 3.46. The van der Waals surface area contributed by atoms with E-state index in [4.69, 9.17) is 4.74 Å². The Morgan fingerprint density at radius 2 is 2.10 bits per heavy atom. The Balaban J connectivity index is 2.01. The van der Waals surface area contributed by atoms with Crippen molar-refractivity contribution in [1.82, 2.24) is 5.32 Å². The summed E-state index contributed by atoms with van der Waals surface area (Å²) < 4.78 is 5.16. The van der Waals surface area contributed by atoms with E-state index in [1.807, 2.05) is 19.1 Å². The molecule has 1 aromatic rings. The van der Waals surface area contributed by atoms with Crippen LogP contribution in [0.2, 0.25) is 0 Å². The van der Waals surface area contributed by atoms with Gasteiger partial charge in [-0.3, -0.25) is 4.79 Å². The molecule has 0 unspecified atom stereocenters. The first kappa shape index (κ1) is 14.7. The smallest absolute Gasteiger partial charge is 0.329 e. The summed E-state index contributed by atoms with van der Waals surface area (Å²) in [6.07, 6.45) is 3.66. The Labute approximate surface area is 121 Å². The summed E-state index contributed by atoms with van der Waals surface area (Å²) in [7, 11) is 0. The summed E-state index contributed by atoms with van der Waals surface area (Å²) in [4.78, 5) is 25.4. The summed E-state index contributed by atoms with van der Waals surface area (Å²) >= 11 is 1.58. The number of carbonyl (C=O) groups excluding carboxylic acids is 1. The van der Waals surface area contributed by atoms with Crippen molar-refractivity contribution in [3.63, 3.8) is 0 Å². The molecule has 1 saturated heterocycles. The van der Waals surface area contributed by atoms with E-state index < -0.39 is 11.5 Å². The second-order valence-corrected chi connectivity index (χ2v) is 6.09. The SMILES string of the molecule is Cc1ccc(/C=C/C(=O)NC2(C(=O)O)CCOCC2)s1. The summed E-state index contributed by atoms with van der Waals surface area (Å²) in [5, 5.41) is 11.9. The summed E-state index contributed by atoms with van der Waals surface area (Å²) in [5.74, 6) is -1.39. The fourth-order valence-electron chi connectivity index (χ4n) is 2.09. The Bertz CT molecular complexity index is 529. The van der Waals surface area contributed by atoms with Crippen LogP contribution in [0.1, 0.15) is 22.6 Å². The third-order valence-electron chi connectivity index (χ3n) is 3.28. The van der Waals surface area contributed by atoms with Crippen molar-refractivity contribution in [3.8, 4) is 0 Å². The second kappa shape index (κ2) is 6.19. The summed E-state index contributed by atoms with van der Waals surface area (Å²) in [5.41, 5.74) is -1.20. The molecule has 0 saturated carbocycles. The molecule has 5 nitrogen and oxygen atoms in total. The van der Waals surface area contributed by atoms with E-state index in [0.717, 1.165) is 9.75 Å². The highest BCUT2D eigenvalue weighted by Crippen LogP contribution is 2.21. The molecule has 1 aliphatic heterocycles. The minimum atomic E-state index is -1.20. The van der Waals surface area contributed by atoms with Gasteiger partial charge in [0.25, 0.3) is 0 Å². The number of thiophene rings is 1. The van der Waals surface area contributed by atoms with Crippen LogP contribution in [0, 0.1) is 6.92 Å². The van der Waals surface area contributed by atoms with Crippen LogP contribution < -0.4 is 5.32 Å². The quantitative estimate of drug-likeness (QED) is 0.831. The summed E-state index contributed by atoms with van der Waals surface area (Å²) in [6.45, 7) is 2.68. The average molecular weight is 295 g/mol.